The molecule has 3 rings (SSSR count). The number of benzene rings is 1. The second-order valence-corrected chi connectivity index (χ2v) is 8.39. The molecule has 1 aliphatic rings. The fourth-order valence-electron chi connectivity index (χ4n) is 4.09. The number of phenols is 1. The molecule has 3 N–H and O–H groups in total. The highest BCUT2D eigenvalue weighted by Crippen LogP contribution is 2.41. The highest BCUT2D eigenvalue weighted by atomic mass is 19.4. The second kappa shape index (κ2) is 13.5. The van der Waals surface area contributed by atoms with Gasteiger partial charge in [-0.15, -0.1) is 10.2 Å². The zero-order chi connectivity index (χ0) is 25.1. The number of nitrogens with one attached hydrogen (secondary N) is 1. The molecule has 0 bridgehead atoms. The van der Waals surface area contributed by atoms with E-state index in [4.69, 9.17) is 9.84 Å². The average molecular weight is 484 g/mol. The predicted molar refractivity (Wildman–Crippen MR) is 127 cm³/mol. The Bertz CT molecular complexity index is 907. The van der Waals surface area contributed by atoms with Gasteiger partial charge < -0.3 is 20.3 Å². The molecule has 0 radical (unpaired) electrons. The molecular weight excluding hydrogens is 447 g/mol. The Labute approximate surface area is 199 Å². The van der Waals surface area contributed by atoms with Crippen molar-refractivity contribution in [3.05, 3.63) is 34.9 Å². The topological polar surface area (TPSA) is 87.5 Å². The molecule has 0 saturated heterocycles. The molecule has 1 aromatic heterocycles. The van der Waals surface area contributed by atoms with Gasteiger partial charge in [0, 0.05) is 25.3 Å². The van der Waals surface area contributed by atoms with Crippen LogP contribution in [0.15, 0.2) is 18.2 Å². The first-order valence-electron chi connectivity index (χ1n) is 11.9. The van der Waals surface area contributed by atoms with Gasteiger partial charge in [0.15, 0.2) is 0 Å². The predicted octanol–water partition coefficient (Wildman–Crippen LogP) is 6.10. The van der Waals surface area contributed by atoms with Crippen LogP contribution in [0.5, 0.6) is 5.75 Å². The number of aliphatic hydroxyl groups is 1. The van der Waals surface area contributed by atoms with Crippen molar-refractivity contribution in [1.29, 1.82) is 0 Å². The lowest BCUT2D eigenvalue weighted by Crippen LogP contribution is -2.19. The lowest BCUT2D eigenvalue weighted by atomic mass is 9.96. The molecule has 9 heteroatoms. The van der Waals surface area contributed by atoms with Crippen molar-refractivity contribution in [2.24, 2.45) is 0 Å². The van der Waals surface area contributed by atoms with Crippen LogP contribution < -0.4 is 5.32 Å². The van der Waals surface area contributed by atoms with Crippen molar-refractivity contribution < 1.29 is 28.1 Å². The summed E-state index contributed by atoms with van der Waals surface area (Å²) in [4.78, 5) is 0. The van der Waals surface area contributed by atoms with E-state index in [1.165, 1.54) is 19.3 Å². The molecule has 190 valence electrons. The highest BCUT2D eigenvalue weighted by Gasteiger charge is 2.33. The van der Waals surface area contributed by atoms with E-state index in [-0.39, 0.29) is 23.8 Å². The van der Waals surface area contributed by atoms with E-state index in [9.17, 15) is 18.3 Å². The highest BCUT2D eigenvalue weighted by molar-refractivity contribution is 5.74. The summed E-state index contributed by atoms with van der Waals surface area (Å²) in [6.07, 6.45) is 3.58. The lowest BCUT2D eigenvalue weighted by Gasteiger charge is -2.19. The number of fused-ring (bicyclic) bond motifs is 3. The second-order valence-electron chi connectivity index (χ2n) is 8.39. The molecule has 6 nitrogen and oxygen atoms in total. The van der Waals surface area contributed by atoms with Crippen LogP contribution in [-0.4, -0.2) is 40.2 Å². The molecule has 1 aliphatic heterocycles. The lowest BCUT2D eigenvalue weighted by molar-refractivity contribution is -0.137. The van der Waals surface area contributed by atoms with Crippen molar-refractivity contribution in [1.82, 2.24) is 10.2 Å². The largest absolute Gasteiger partial charge is 0.507 e. The third-order valence-corrected chi connectivity index (χ3v) is 5.88. The number of phenolic OH excluding ortho intramolecular Hbond substituents is 1. The van der Waals surface area contributed by atoms with Gasteiger partial charge in [0.2, 0.25) is 0 Å². The van der Waals surface area contributed by atoms with Gasteiger partial charge in [0.05, 0.1) is 12.2 Å². The van der Waals surface area contributed by atoms with Crippen molar-refractivity contribution in [2.75, 3.05) is 19.0 Å². The summed E-state index contributed by atoms with van der Waals surface area (Å²) < 4.78 is 45.3. The van der Waals surface area contributed by atoms with E-state index in [0.29, 0.717) is 31.0 Å². The first kappa shape index (κ1) is 27.9. The average Bonchev–Trinajstić information content (AvgIpc) is 2.90. The van der Waals surface area contributed by atoms with E-state index in [0.717, 1.165) is 44.1 Å². The van der Waals surface area contributed by atoms with E-state index in [1.54, 1.807) is 0 Å². The standard InChI is InChI=1S/C24H32F3N3O2.CH4O/c1-3-5-6-7-10-19(4-2)28-21-13-16-9-8-11-32-15-17-12-18(24(25,26)27)14-20(31)22(17)23(16)30-29-21;1-2/h12-14,19,31H,3-11,15H2,1-2H3,(H,28,29);2H,1H3. The fraction of sp³-hybridized carbons (Fsp3) is 0.600. The number of rotatable bonds is 8. The van der Waals surface area contributed by atoms with Gasteiger partial charge in [-0.1, -0.05) is 39.5 Å². The van der Waals surface area contributed by atoms with Crippen molar-refractivity contribution in [3.63, 3.8) is 0 Å². The monoisotopic (exact) mass is 483 g/mol. The number of aromatic nitrogens is 2. The minimum absolute atomic E-state index is 0.0242. The Morgan fingerprint density at radius 3 is 2.50 bits per heavy atom. The third-order valence-electron chi connectivity index (χ3n) is 5.88. The van der Waals surface area contributed by atoms with Gasteiger partial charge in [-0.2, -0.15) is 13.2 Å². The van der Waals surface area contributed by atoms with Crippen LogP contribution >= 0.6 is 0 Å². The number of aromatic hydroxyl groups is 1. The fourth-order valence-corrected chi connectivity index (χ4v) is 4.09. The molecule has 0 amide bonds. The molecule has 1 atom stereocenters. The van der Waals surface area contributed by atoms with Gasteiger partial charge in [0.1, 0.15) is 17.3 Å². The molecule has 1 aromatic carbocycles. The third kappa shape index (κ3) is 7.56. The van der Waals surface area contributed by atoms with E-state index < -0.39 is 17.5 Å². The summed E-state index contributed by atoms with van der Waals surface area (Å²) in [7, 11) is 1.00. The SMILES string of the molecule is CCCCCCC(CC)Nc1cc2c(nn1)-c1c(O)cc(C(F)(F)F)cc1COCCC2.CO. The number of unbranched alkanes of at least 4 members (excludes halogenated alkanes) is 3. The molecular formula is C25H36F3N3O3. The molecule has 2 heterocycles. The Kier molecular flexibility index (Phi) is 11.0. The van der Waals surface area contributed by atoms with E-state index in [2.05, 4.69) is 29.4 Å². The summed E-state index contributed by atoms with van der Waals surface area (Å²) in [5.74, 6) is 0.193. The Morgan fingerprint density at radius 1 is 1.06 bits per heavy atom. The summed E-state index contributed by atoms with van der Waals surface area (Å²) in [5, 5.41) is 29.6. The summed E-state index contributed by atoms with van der Waals surface area (Å²) in [5.41, 5.74) is 0.875. The van der Waals surface area contributed by atoms with Crippen molar-refractivity contribution in [3.8, 4) is 17.0 Å². The number of nitrogens with zero attached hydrogens (tertiary/aromatic N) is 2. The van der Waals surface area contributed by atoms with Crippen molar-refractivity contribution >= 4 is 5.82 Å². The number of halogens is 3. The van der Waals surface area contributed by atoms with Gasteiger partial charge in [-0.3, -0.25) is 0 Å². The minimum atomic E-state index is -4.56. The number of alkyl halides is 3. The maximum atomic E-state index is 13.2. The van der Waals surface area contributed by atoms with Gasteiger partial charge in [-0.25, -0.2) is 0 Å². The normalized spacial score (nSPS) is 14.4. The smallest absolute Gasteiger partial charge is 0.416 e. The number of anilines is 1. The molecule has 1 unspecified atom stereocenters. The van der Waals surface area contributed by atoms with Crippen LogP contribution in [-0.2, 0) is 23.9 Å². The maximum absolute atomic E-state index is 13.2. The van der Waals surface area contributed by atoms with E-state index >= 15 is 0 Å². The molecule has 2 aromatic rings. The first-order chi connectivity index (χ1) is 16.3. The van der Waals surface area contributed by atoms with Gasteiger partial charge in [-0.05, 0) is 55.0 Å². The molecule has 0 spiro atoms. The Hall–Kier alpha value is -2.39. The van der Waals surface area contributed by atoms with E-state index in [1.807, 2.05) is 6.07 Å². The van der Waals surface area contributed by atoms with Crippen LogP contribution in [0.3, 0.4) is 0 Å². The van der Waals surface area contributed by atoms with Gasteiger partial charge in [0.25, 0.3) is 0 Å². The zero-order valence-electron chi connectivity index (χ0n) is 20.2. The van der Waals surface area contributed by atoms with Crippen LogP contribution in [0.4, 0.5) is 19.0 Å². The molecule has 34 heavy (non-hydrogen) atoms. The number of hydrogen-bond donors (Lipinski definition) is 3. The molecule has 0 saturated carbocycles. The Balaban J connectivity index is 0.00000199. The number of aryl methyl sites for hydroxylation is 1. The molecule has 0 aliphatic carbocycles. The summed E-state index contributed by atoms with van der Waals surface area (Å²) in [6.45, 7) is 4.71. The Morgan fingerprint density at radius 2 is 1.82 bits per heavy atom. The number of ether oxygens (including phenoxy) is 1. The quantitative estimate of drug-likeness (QED) is 0.393. The van der Waals surface area contributed by atoms with Crippen LogP contribution in [0.25, 0.3) is 11.3 Å². The van der Waals surface area contributed by atoms with Crippen molar-refractivity contribution in [2.45, 2.75) is 84.0 Å². The van der Waals surface area contributed by atoms with Gasteiger partial charge >= 0.3 is 6.18 Å². The summed E-state index contributed by atoms with van der Waals surface area (Å²) >= 11 is 0. The maximum Gasteiger partial charge on any atom is 0.416 e. The zero-order valence-corrected chi connectivity index (χ0v) is 20.2. The minimum Gasteiger partial charge on any atom is -0.507 e. The summed E-state index contributed by atoms with van der Waals surface area (Å²) in [6, 6.07) is 3.97. The molecule has 0 fully saturated rings. The van der Waals surface area contributed by atoms with Crippen LogP contribution in [0.1, 0.15) is 75.5 Å². The number of aliphatic hydroxyl groups excluding tert-OH is 1. The van der Waals surface area contributed by atoms with Crippen LogP contribution in [0.2, 0.25) is 0 Å². The first-order valence-corrected chi connectivity index (χ1v) is 11.9. The van der Waals surface area contributed by atoms with Crippen LogP contribution in [0, 0.1) is 0 Å². The number of hydrogen-bond acceptors (Lipinski definition) is 6.